The summed E-state index contributed by atoms with van der Waals surface area (Å²) in [5.74, 6) is 0.685. The minimum atomic E-state index is -0.0182. The highest BCUT2D eigenvalue weighted by molar-refractivity contribution is 5.43. The summed E-state index contributed by atoms with van der Waals surface area (Å²) in [7, 11) is 0. The topological polar surface area (TPSA) is 45.9 Å². The Morgan fingerprint density at radius 2 is 2.12 bits per heavy atom. The molecule has 3 heteroatoms. The highest BCUT2D eigenvalue weighted by Crippen LogP contribution is 2.31. The Kier molecular flexibility index (Phi) is 2.59. The van der Waals surface area contributed by atoms with Crippen molar-refractivity contribution in [1.82, 2.24) is 4.98 Å². The SMILES string of the molecule is CC(C)(C)c1cc(OC2CC2)c(C#N)cn1. The van der Waals surface area contributed by atoms with Gasteiger partial charge in [0.05, 0.1) is 6.10 Å². The summed E-state index contributed by atoms with van der Waals surface area (Å²) in [5, 5.41) is 8.98. The maximum Gasteiger partial charge on any atom is 0.140 e. The number of rotatable bonds is 2. The molecule has 1 heterocycles. The second-order valence-corrected chi connectivity index (χ2v) is 5.24. The van der Waals surface area contributed by atoms with E-state index in [-0.39, 0.29) is 5.41 Å². The number of hydrogen-bond acceptors (Lipinski definition) is 3. The van der Waals surface area contributed by atoms with Crippen LogP contribution in [0.4, 0.5) is 0 Å². The largest absolute Gasteiger partial charge is 0.489 e. The zero-order valence-corrected chi connectivity index (χ0v) is 9.95. The van der Waals surface area contributed by atoms with E-state index in [1.165, 1.54) is 0 Å². The average Bonchev–Trinajstić information content (AvgIpc) is 3.00. The molecule has 0 unspecified atom stereocenters. The first-order chi connectivity index (χ1) is 7.50. The summed E-state index contributed by atoms with van der Waals surface area (Å²) in [4.78, 5) is 4.31. The van der Waals surface area contributed by atoms with Crippen LogP contribution in [-0.2, 0) is 5.41 Å². The lowest BCUT2D eigenvalue weighted by Gasteiger charge is -2.18. The molecule has 0 N–H and O–H groups in total. The first-order valence-corrected chi connectivity index (χ1v) is 5.58. The molecule has 0 bridgehead atoms. The van der Waals surface area contributed by atoms with Crippen molar-refractivity contribution in [3.8, 4) is 11.8 Å². The number of pyridine rings is 1. The van der Waals surface area contributed by atoms with Crippen LogP contribution in [0.5, 0.6) is 5.75 Å². The van der Waals surface area contributed by atoms with Crippen molar-refractivity contribution in [3.63, 3.8) is 0 Å². The van der Waals surface area contributed by atoms with E-state index in [9.17, 15) is 0 Å². The number of hydrogen-bond donors (Lipinski definition) is 0. The Balaban J connectivity index is 2.34. The van der Waals surface area contributed by atoms with Crippen molar-refractivity contribution in [1.29, 1.82) is 5.26 Å². The van der Waals surface area contributed by atoms with E-state index in [1.807, 2.05) is 6.07 Å². The van der Waals surface area contributed by atoms with E-state index in [4.69, 9.17) is 10.00 Å². The number of nitriles is 1. The van der Waals surface area contributed by atoms with E-state index in [1.54, 1.807) is 6.20 Å². The molecule has 3 nitrogen and oxygen atoms in total. The van der Waals surface area contributed by atoms with Gasteiger partial charge >= 0.3 is 0 Å². The van der Waals surface area contributed by atoms with Crippen molar-refractivity contribution in [2.75, 3.05) is 0 Å². The predicted octanol–water partition coefficient (Wildman–Crippen LogP) is 2.79. The van der Waals surface area contributed by atoms with E-state index < -0.39 is 0 Å². The molecule has 0 aliphatic heterocycles. The maximum absolute atomic E-state index is 8.98. The first-order valence-electron chi connectivity index (χ1n) is 5.58. The minimum Gasteiger partial charge on any atom is -0.489 e. The Bertz CT molecular complexity index is 436. The minimum absolute atomic E-state index is 0.0182. The van der Waals surface area contributed by atoms with Gasteiger partial charge in [-0.3, -0.25) is 4.98 Å². The van der Waals surface area contributed by atoms with Crippen LogP contribution in [0, 0.1) is 11.3 Å². The Morgan fingerprint density at radius 3 is 2.62 bits per heavy atom. The highest BCUT2D eigenvalue weighted by Gasteiger charge is 2.26. The van der Waals surface area contributed by atoms with Crippen LogP contribution >= 0.6 is 0 Å². The molecule has 0 aromatic carbocycles. The molecule has 16 heavy (non-hydrogen) atoms. The van der Waals surface area contributed by atoms with Crippen molar-refractivity contribution in [2.24, 2.45) is 0 Å². The van der Waals surface area contributed by atoms with Crippen LogP contribution in [0.2, 0.25) is 0 Å². The summed E-state index contributed by atoms with van der Waals surface area (Å²) in [6.07, 6.45) is 4.11. The molecule has 84 valence electrons. The molecule has 0 radical (unpaired) electrons. The van der Waals surface area contributed by atoms with Gasteiger partial charge in [-0.2, -0.15) is 5.26 Å². The van der Waals surface area contributed by atoms with E-state index in [0.29, 0.717) is 17.4 Å². The van der Waals surface area contributed by atoms with Crippen molar-refractivity contribution < 1.29 is 4.74 Å². The standard InChI is InChI=1S/C13H16N2O/c1-13(2,3)12-6-11(16-10-4-5-10)9(7-14)8-15-12/h6,8,10H,4-5H2,1-3H3. The Hall–Kier alpha value is -1.56. The third-order valence-corrected chi connectivity index (χ3v) is 2.57. The van der Waals surface area contributed by atoms with Crippen molar-refractivity contribution in [2.45, 2.75) is 45.1 Å². The van der Waals surface area contributed by atoms with Crippen LogP contribution < -0.4 is 4.74 Å². The van der Waals surface area contributed by atoms with E-state index >= 15 is 0 Å². The molecular formula is C13H16N2O. The molecular weight excluding hydrogens is 200 g/mol. The van der Waals surface area contributed by atoms with Crippen LogP contribution in [0.25, 0.3) is 0 Å². The quantitative estimate of drug-likeness (QED) is 0.763. The molecule has 1 aliphatic carbocycles. The molecule has 0 atom stereocenters. The van der Waals surface area contributed by atoms with Crippen LogP contribution in [0.15, 0.2) is 12.3 Å². The molecule has 1 aliphatic rings. The van der Waals surface area contributed by atoms with Gasteiger partial charge in [-0.1, -0.05) is 20.8 Å². The summed E-state index contributed by atoms with van der Waals surface area (Å²) in [6.45, 7) is 6.30. The van der Waals surface area contributed by atoms with Gasteiger partial charge in [0.25, 0.3) is 0 Å². The maximum atomic E-state index is 8.98. The third-order valence-electron chi connectivity index (χ3n) is 2.57. The lowest BCUT2D eigenvalue weighted by Crippen LogP contribution is -2.14. The van der Waals surface area contributed by atoms with E-state index in [2.05, 4.69) is 31.8 Å². The molecule has 1 saturated carbocycles. The van der Waals surface area contributed by atoms with Gasteiger partial charge in [-0.15, -0.1) is 0 Å². The van der Waals surface area contributed by atoms with Crippen LogP contribution in [-0.4, -0.2) is 11.1 Å². The van der Waals surface area contributed by atoms with Gasteiger partial charge in [0, 0.05) is 23.4 Å². The van der Waals surface area contributed by atoms with Gasteiger partial charge in [0.15, 0.2) is 0 Å². The summed E-state index contributed by atoms with van der Waals surface area (Å²) in [5.41, 5.74) is 1.47. The third kappa shape index (κ3) is 2.33. The summed E-state index contributed by atoms with van der Waals surface area (Å²) >= 11 is 0. The first kappa shape index (κ1) is 10.9. The molecule has 2 rings (SSSR count). The normalized spacial score (nSPS) is 15.6. The second-order valence-electron chi connectivity index (χ2n) is 5.24. The molecule has 0 saturated heterocycles. The van der Waals surface area contributed by atoms with Gasteiger partial charge in [0.1, 0.15) is 17.4 Å². The predicted molar refractivity (Wildman–Crippen MR) is 61.3 cm³/mol. The molecule has 1 aromatic rings. The Morgan fingerprint density at radius 1 is 1.44 bits per heavy atom. The van der Waals surface area contributed by atoms with Gasteiger partial charge in [-0.05, 0) is 12.8 Å². The van der Waals surface area contributed by atoms with Crippen LogP contribution in [0.3, 0.4) is 0 Å². The fourth-order valence-electron chi connectivity index (χ4n) is 1.39. The lowest BCUT2D eigenvalue weighted by molar-refractivity contribution is 0.301. The smallest absolute Gasteiger partial charge is 0.140 e. The second kappa shape index (κ2) is 3.79. The number of ether oxygens (including phenoxy) is 1. The fraction of sp³-hybridized carbons (Fsp3) is 0.538. The average molecular weight is 216 g/mol. The Labute approximate surface area is 96.1 Å². The summed E-state index contributed by atoms with van der Waals surface area (Å²) in [6, 6.07) is 4.02. The van der Waals surface area contributed by atoms with Crippen molar-refractivity contribution in [3.05, 3.63) is 23.5 Å². The lowest BCUT2D eigenvalue weighted by atomic mass is 9.91. The van der Waals surface area contributed by atoms with E-state index in [0.717, 1.165) is 18.5 Å². The molecule has 1 fully saturated rings. The molecule has 0 amide bonds. The van der Waals surface area contributed by atoms with Gasteiger partial charge in [0.2, 0.25) is 0 Å². The summed E-state index contributed by atoms with van der Waals surface area (Å²) < 4.78 is 5.72. The molecule has 0 spiro atoms. The van der Waals surface area contributed by atoms with Gasteiger partial charge in [-0.25, -0.2) is 0 Å². The monoisotopic (exact) mass is 216 g/mol. The zero-order chi connectivity index (χ0) is 11.8. The van der Waals surface area contributed by atoms with Gasteiger partial charge < -0.3 is 4.74 Å². The fourth-order valence-corrected chi connectivity index (χ4v) is 1.39. The number of aromatic nitrogens is 1. The van der Waals surface area contributed by atoms with Crippen LogP contribution in [0.1, 0.15) is 44.9 Å². The molecule has 1 aromatic heterocycles. The number of nitrogens with zero attached hydrogens (tertiary/aromatic N) is 2. The zero-order valence-electron chi connectivity index (χ0n) is 9.95. The highest BCUT2D eigenvalue weighted by atomic mass is 16.5. The van der Waals surface area contributed by atoms with Crippen molar-refractivity contribution >= 4 is 0 Å².